The Hall–Kier alpha value is -3.36. The quantitative estimate of drug-likeness (QED) is 0.357. The van der Waals surface area contributed by atoms with Crippen LogP contribution in [0, 0.1) is 0 Å². The van der Waals surface area contributed by atoms with Crippen molar-refractivity contribution < 1.29 is 17.9 Å². The third kappa shape index (κ3) is 6.34. The summed E-state index contributed by atoms with van der Waals surface area (Å²) >= 11 is 5.91. The Morgan fingerprint density at radius 2 is 1.64 bits per heavy atom. The lowest BCUT2D eigenvalue weighted by molar-refractivity contribution is -0.119. The molecule has 0 spiro atoms. The third-order valence-electron chi connectivity index (χ3n) is 4.66. The van der Waals surface area contributed by atoms with E-state index in [-0.39, 0.29) is 4.90 Å². The van der Waals surface area contributed by atoms with Gasteiger partial charge >= 0.3 is 0 Å². The summed E-state index contributed by atoms with van der Waals surface area (Å²) in [4.78, 5) is 12.7. The number of carbonyl (C=O) groups is 1. The zero-order chi connectivity index (χ0) is 23.8. The smallest absolute Gasteiger partial charge is 0.264 e. The molecule has 0 aromatic heterocycles. The molecule has 0 saturated carbocycles. The number of anilines is 1. The van der Waals surface area contributed by atoms with E-state index in [4.69, 9.17) is 16.3 Å². The van der Waals surface area contributed by atoms with Gasteiger partial charge in [0.25, 0.3) is 15.9 Å². The topological polar surface area (TPSA) is 88.1 Å². The molecular weight excluding hydrogens is 462 g/mol. The van der Waals surface area contributed by atoms with Gasteiger partial charge in [0.1, 0.15) is 12.3 Å². The molecule has 3 aromatic rings. The first kappa shape index (κ1) is 24.3. The van der Waals surface area contributed by atoms with Crippen LogP contribution in [0.15, 0.2) is 88.9 Å². The van der Waals surface area contributed by atoms with Crippen molar-refractivity contribution >= 4 is 38.9 Å². The van der Waals surface area contributed by atoms with Gasteiger partial charge in [-0.2, -0.15) is 5.10 Å². The van der Waals surface area contributed by atoms with Crippen molar-refractivity contribution in [3.05, 3.63) is 89.4 Å². The van der Waals surface area contributed by atoms with Crippen LogP contribution in [0.2, 0.25) is 5.02 Å². The average molecular weight is 486 g/mol. The molecule has 3 aromatic carbocycles. The summed E-state index contributed by atoms with van der Waals surface area (Å²) in [6.45, 7) is 3.62. The number of rotatable bonds is 9. The van der Waals surface area contributed by atoms with E-state index in [1.54, 1.807) is 31.2 Å². The lowest BCUT2D eigenvalue weighted by Gasteiger charge is -2.24. The number of hydrazone groups is 1. The maximum absolute atomic E-state index is 13.4. The van der Waals surface area contributed by atoms with Gasteiger partial charge in [0, 0.05) is 5.02 Å². The highest BCUT2D eigenvalue weighted by Gasteiger charge is 2.27. The van der Waals surface area contributed by atoms with Crippen molar-refractivity contribution in [1.29, 1.82) is 0 Å². The lowest BCUT2D eigenvalue weighted by atomic mass is 10.1. The summed E-state index contributed by atoms with van der Waals surface area (Å²) in [7, 11) is -4.06. The highest BCUT2D eigenvalue weighted by molar-refractivity contribution is 7.92. The summed E-state index contributed by atoms with van der Waals surface area (Å²) in [5.74, 6) is 0.00864. The molecule has 0 atom stereocenters. The van der Waals surface area contributed by atoms with Gasteiger partial charge in [-0.25, -0.2) is 13.8 Å². The fourth-order valence-electron chi connectivity index (χ4n) is 2.98. The first-order chi connectivity index (χ1) is 15.8. The number of halogens is 1. The van der Waals surface area contributed by atoms with Crippen LogP contribution in [0.4, 0.5) is 5.69 Å². The Morgan fingerprint density at radius 1 is 1.00 bits per heavy atom. The number of benzene rings is 3. The molecule has 1 amide bonds. The molecule has 9 heteroatoms. The highest BCUT2D eigenvalue weighted by atomic mass is 35.5. The van der Waals surface area contributed by atoms with Gasteiger partial charge in [-0.15, -0.1) is 0 Å². The van der Waals surface area contributed by atoms with Gasteiger partial charge in [0.2, 0.25) is 0 Å². The van der Waals surface area contributed by atoms with Crippen LogP contribution in [0.1, 0.15) is 19.4 Å². The molecule has 0 aliphatic rings. The van der Waals surface area contributed by atoms with Crippen LogP contribution in [0.5, 0.6) is 5.75 Å². The standard InChI is InChI=1S/C24H24ClN3O4S/c1-3-32-22-13-11-21(12-14-22)28(33(30,31)23-15-9-20(25)10-16-23)17-24(29)27-26-18(2)19-7-5-4-6-8-19/h4-16H,3,17H2,1-2H3,(H,27,29)/b26-18-. The molecule has 3 rings (SSSR count). The number of carbonyl (C=O) groups excluding carboxylic acids is 1. The van der Waals surface area contributed by atoms with E-state index in [0.29, 0.717) is 28.8 Å². The van der Waals surface area contributed by atoms with Gasteiger partial charge < -0.3 is 4.74 Å². The molecule has 7 nitrogen and oxygen atoms in total. The monoisotopic (exact) mass is 485 g/mol. The van der Waals surface area contributed by atoms with Gasteiger partial charge in [0.05, 0.1) is 22.9 Å². The molecule has 0 aliphatic heterocycles. The maximum atomic E-state index is 13.4. The van der Waals surface area contributed by atoms with E-state index in [9.17, 15) is 13.2 Å². The fourth-order valence-corrected chi connectivity index (χ4v) is 4.53. The number of hydrogen-bond acceptors (Lipinski definition) is 5. The van der Waals surface area contributed by atoms with Crippen LogP contribution in [-0.2, 0) is 14.8 Å². The molecule has 33 heavy (non-hydrogen) atoms. The molecular formula is C24H24ClN3O4S. The minimum absolute atomic E-state index is 0.0116. The molecule has 0 heterocycles. The zero-order valence-electron chi connectivity index (χ0n) is 18.2. The van der Waals surface area contributed by atoms with Crippen LogP contribution >= 0.6 is 11.6 Å². The largest absolute Gasteiger partial charge is 0.494 e. The Labute approximate surface area is 198 Å². The fraction of sp³-hybridized carbons (Fsp3) is 0.167. The molecule has 172 valence electrons. The van der Waals surface area contributed by atoms with Crippen molar-refractivity contribution in [2.75, 3.05) is 17.5 Å². The summed E-state index contributed by atoms with van der Waals surface area (Å²) in [5, 5.41) is 4.51. The number of nitrogens with zero attached hydrogens (tertiary/aromatic N) is 2. The minimum Gasteiger partial charge on any atom is -0.494 e. The van der Waals surface area contributed by atoms with E-state index in [0.717, 1.165) is 9.87 Å². The van der Waals surface area contributed by atoms with Gasteiger partial charge in [0.15, 0.2) is 0 Å². The van der Waals surface area contributed by atoms with Crippen molar-refractivity contribution in [2.24, 2.45) is 5.10 Å². The Kier molecular flexibility index (Phi) is 8.08. The molecule has 0 saturated heterocycles. The molecule has 0 fully saturated rings. The van der Waals surface area contributed by atoms with E-state index < -0.39 is 22.5 Å². The Bertz CT molecular complexity index is 1210. The van der Waals surface area contributed by atoms with E-state index in [1.807, 2.05) is 37.3 Å². The number of sulfonamides is 1. The Morgan fingerprint density at radius 3 is 2.24 bits per heavy atom. The second kappa shape index (κ2) is 11.0. The van der Waals surface area contributed by atoms with Gasteiger partial charge in [-0.3, -0.25) is 9.10 Å². The van der Waals surface area contributed by atoms with Gasteiger partial charge in [-0.05, 0) is 67.9 Å². The summed E-state index contributed by atoms with van der Waals surface area (Å²) in [6.07, 6.45) is 0. The molecule has 0 unspecified atom stereocenters. The van der Waals surface area contributed by atoms with Gasteiger partial charge in [-0.1, -0.05) is 41.9 Å². The normalized spacial score (nSPS) is 11.7. The number of amides is 1. The number of ether oxygens (including phenoxy) is 1. The predicted molar refractivity (Wildman–Crippen MR) is 130 cm³/mol. The van der Waals surface area contributed by atoms with Crippen LogP contribution in [0.3, 0.4) is 0 Å². The summed E-state index contributed by atoms with van der Waals surface area (Å²) in [5.41, 5.74) is 4.19. The van der Waals surface area contributed by atoms with Crippen LogP contribution in [-0.4, -0.2) is 33.2 Å². The van der Waals surface area contributed by atoms with Crippen LogP contribution in [0.25, 0.3) is 0 Å². The summed E-state index contributed by atoms with van der Waals surface area (Å²) in [6, 6.07) is 21.6. The second-order valence-electron chi connectivity index (χ2n) is 6.99. The average Bonchev–Trinajstić information content (AvgIpc) is 2.82. The van der Waals surface area contributed by atoms with Crippen molar-refractivity contribution in [2.45, 2.75) is 18.7 Å². The van der Waals surface area contributed by atoms with E-state index in [2.05, 4.69) is 10.5 Å². The second-order valence-corrected chi connectivity index (χ2v) is 9.29. The lowest BCUT2D eigenvalue weighted by Crippen LogP contribution is -2.39. The van der Waals surface area contributed by atoms with Crippen molar-refractivity contribution in [3.63, 3.8) is 0 Å². The first-order valence-electron chi connectivity index (χ1n) is 10.2. The maximum Gasteiger partial charge on any atom is 0.264 e. The van der Waals surface area contributed by atoms with Crippen molar-refractivity contribution in [3.8, 4) is 5.75 Å². The third-order valence-corrected chi connectivity index (χ3v) is 6.70. The minimum atomic E-state index is -4.06. The Balaban J connectivity index is 1.88. The predicted octanol–water partition coefficient (Wildman–Crippen LogP) is 4.47. The van der Waals surface area contributed by atoms with Crippen LogP contribution < -0.4 is 14.5 Å². The zero-order valence-corrected chi connectivity index (χ0v) is 19.8. The van der Waals surface area contributed by atoms with E-state index >= 15 is 0 Å². The van der Waals surface area contributed by atoms with E-state index in [1.165, 1.54) is 24.3 Å². The molecule has 0 bridgehead atoms. The SMILES string of the molecule is CCOc1ccc(N(CC(=O)N/N=C(/C)c2ccccc2)S(=O)(=O)c2ccc(Cl)cc2)cc1. The summed E-state index contributed by atoms with van der Waals surface area (Å²) < 4.78 is 33.2. The van der Waals surface area contributed by atoms with Crippen molar-refractivity contribution in [1.82, 2.24) is 5.43 Å². The first-order valence-corrected chi connectivity index (χ1v) is 12.0. The number of hydrogen-bond donors (Lipinski definition) is 1. The molecule has 0 aliphatic carbocycles. The number of nitrogens with one attached hydrogen (secondary N) is 1. The highest BCUT2D eigenvalue weighted by Crippen LogP contribution is 2.26. The molecule has 0 radical (unpaired) electrons. The molecule has 1 N–H and O–H groups in total.